The SMILES string of the molecule is N#CCn1c(=O)n(-c2cncc3ccccc23)c(=O)c2sc(-c3cc(F)ccc3Cl)cc21. The van der Waals surface area contributed by atoms with Crippen LogP contribution in [0.15, 0.2) is 70.5 Å². The van der Waals surface area contributed by atoms with Gasteiger partial charge in [0.25, 0.3) is 5.56 Å². The molecule has 5 aromatic rings. The van der Waals surface area contributed by atoms with E-state index in [1.165, 1.54) is 29.0 Å². The molecule has 6 nitrogen and oxygen atoms in total. The van der Waals surface area contributed by atoms with Gasteiger partial charge in [-0.3, -0.25) is 14.3 Å². The molecule has 32 heavy (non-hydrogen) atoms. The summed E-state index contributed by atoms with van der Waals surface area (Å²) in [5.74, 6) is -0.476. The van der Waals surface area contributed by atoms with Crippen LogP contribution in [0.2, 0.25) is 5.02 Å². The number of aromatic nitrogens is 3. The lowest BCUT2D eigenvalue weighted by Gasteiger charge is -2.11. The summed E-state index contributed by atoms with van der Waals surface area (Å²) in [5, 5.41) is 11.1. The molecule has 0 saturated carbocycles. The monoisotopic (exact) mass is 462 g/mol. The summed E-state index contributed by atoms with van der Waals surface area (Å²) in [7, 11) is 0. The van der Waals surface area contributed by atoms with Gasteiger partial charge in [0.2, 0.25) is 0 Å². The molecular weight excluding hydrogens is 451 g/mol. The lowest BCUT2D eigenvalue weighted by Crippen LogP contribution is -2.38. The fourth-order valence-corrected chi connectivity index (χ4v) is 5.08. The third kappa shape index (κ3) is 3.11. The summed E-state index contributed by atoms with van der Waals surface area (Å²) in [4.78, 5) is 31.5. The Kier molecular flexibility index (Phi) is 4.85. The number of benzene rings is 2. The minimum Gasteiger partial charge on any atom is -0.278 e. The van der Waals surface area contributed by atoms with E-state index in [9.17, 15) is 19.2 Å². The number of rotatable bonds is 3. The van der Waals surface area contributed by atoms with Crippen LogP contribution in [0.4, 0.5) is 4.39 Å². The van der Waals surface area contributed by atoms with Crippen LogP contribution in [0.5, 0.6) is 0 Å². The fraction of sp³-hybridized carbons (Fsp3) is 0.0435. The summed E-state index contributed by atoms with van der Waals surface area (Å²) in [5.41, 5.74) is -0.170. The number of hydrogen-bond donors (Lipinski definition) is 0. The second-order valence-corrected chi connectivity index (χ2v) is 8.46. The molecule has 0 unspecified atom stereocenters. The zero-order chi connectivity index (χ0) is 22.4. The second-order valence-electron chi connectivity index (χ2n) is 7.00. The van der Waals surface area contributed by atoms with Crippen molar-refractivity contribution in [2.75, 3.05) is 0 Å². The van der Waals surface area contributed by atoms with E-state index in [0.29, 0.717) is 32.1 Å². The molecule has 156 valence electrons. The van der Waals surface area contributed by atoms with Crippen molar-refractivity contribution in [1.82, 2.24) is 14.1 Å². The molecule has 0 N–H and O–H groups in total. The highest BCUT2D eigenvalue weighted by atomic mass is 35.5. The van der Waals surface area contributed by atoms with Crippen molar-refractivity contribution in [2.24, 2.45) is 0 Å². The molecule has 0 spiro atoms. The Morgan fingerprint density at radius 3 is 2.75 bits per heavy atom. The summed E-state index contributed by atoms with van der Waals surface area (Å²) < 4.78 is 16.4. The predicted molar refractivity (Wildman–Crippen MR) is 123 cm³/mol. The molecule has 0 saturated heterocycles. The average Bonchev–Trinajstić information content (AvgIpc) is 3.24. The Hall–Kier alpha value is -3.80. The Balaban J connectivity index is 1.89. The molecule has 0 fully saturated rings. The number of nitriles is 1. The molecule has 0 atom stereocenters. The van der Waals surface area contributed by atoms with E-state index >= 15 is 0 Å². The highest BCUT2D eigenvalue weighted by Crippen LogP contribution is 2.36. The average molecular weight is 463 g/mol. The summed E-state index contributed by atoms with van der Waals surface area (Å²) in [6.07, 6.45) is 3.09. The van der Waals surface area contributed by atoms with Crippen molar-refractivity contribution in [1.29, 1.82) is 5.26 Å². The van der Waals surface area contributed by atoms with Gasteiger partial charge in [-0.2, -0.15) is 5.26 Å². The van der Waals surface area contributed by atoms with Gasteiger partial charge in [-0.15, -0.1) is 11.3 Å². The van der Waals surface area contributed by atoms with Crippen LogP contribution in [0.3, 0.4) is 0 Å². The first-order valence-corrected chi connectivity index (χ1v) is 10.6. The van der Waals surface area contributed by atoms with E-state index < -0.39 is 17.1 Å². The van der Waals surface area contributed by atoms with Gasteiger partial charge in [0.05, 0.1) is 23.5 Å². The predicted octanol–water partition coefficient (Wildman–Crippen LogP) is 4.75. The smallest absolute Gasteiger partial charge is 0.278 e. The topological polar surface area (TPSA) is 80.7 Å². The van der Waals surface area contributed by atoms with Crippen LogP contribution in [0.1, 0.15) is 0 Å². The van der Waals surface area contributed by atoms with Gasteiger partial charge < -0.3 is 0 Å². The van der Waals surface area contributed by atoms with E-state index in [1.54, 1.807) is 24.4 Å². The Morgan fingerprint density at radius 1 is 1.12 bits per heavy atom. The van der Waals surface area contributed by atoms with E-state index in [0.717, 1.165) is 21.3 Å². The number of pyridine rings is 1. The lowest BCUT2D eigenvalue weighted by atomic mass is 10.1. The number of thiophene rings is 1. The van der Waals surface area contributed by atoms with Gasteiger partial charge in [-0.25, -0.2) is 13.8 Å². The number of hydrogen-bond acceptors (Lipinski definition) is 5. The molecule has 0 amide bonds. The first kappa shape index (κ1) is 20.1. The zero-order valence-electron chi connectivity index (χ0n) is 16.3. The fourth-order valence-electron chi connectivity index (χ4n) is 3.68. The van der Waals surface area contributed by atoms with Crippen LogP contribution in [0.25, 0.3) is 37.1 Å². The minimum absolute atomic E-state index is 0.253. The van der Waals surface area contributed by atoms with Crippen molar-refractivity contribution in [3.05, 3.63) is 92.6 Å². The normalized spacial score (nSPS) is 11.2. The maximum atomic E-state index is 13.8. The van der Waals surface area contributed by atoms with Crippen LogP contribution in [-0.4, -0.2) is 14.1 Å². The molecule has 0 aliphatic heterocycles. The summed E-state index contributed by atoms with van der Waals surface area (Å²) >= 11 is 7.34. The molecule has 3 heterocycles. The van der Waals surface area contributed by atoms with Crippen molar-refractivity contribution in [3.8, 4) is 22.2 Å². The van der Waals surface area contributed by atoms with Gasteiger partial charge >= 0.3 is 5.69 Å². The van der Waals surface area contributed by atoms with Crippen molar-refractivity contribution < 1.29 is 4.39 Å². The number of fused-ring (bicyclic) bond motifs is 2. The second kappa shape index (κ2) is 7.71. The maximum Gasteiger partial charge on any atom is 0.337 e. The Labute approximate surface area is 189 Å². The molecular formula is C23H12ClFN4O2S. The first-order chi connectivity index (χ1) is 15.5. The quantitative estimate of drug-likeness (QED) is 0.387. The van der Waals surface area contributed by atoms with E-state index in [2.05, 4.69) is 4.98 Å². The van der Waals surface area contributed by atoms with Crippen LogP contribution in [-0.2, 0) is 6.54 Å². The maximum absolute atomic E-state index is 13.8. The molecule has 3 aromatic heterocycles. The molecule has 0 radical (unpaired) electrons. The van der Waals surface area contributed by atoms with Crippen molar-refractivity contribution in [2.45, 2.75) is 6.54 Å². The van der Waals surface area contributed by atoms with E-state index in [1.807, 2.05) is 18.2 Å². The van der Waals surface area contributed by atoms with Crippen LogP contribution in [0, 0.1) is 17.1 Å². The molecule has 5 rings (SSSR count). The molecule has 2 aromatic carbocycles. The van der Waals surface area contributed by atoms with Gasteiger partial charge in [-0.05, 0) is 24.3 Å². The number of halogens is 2. The third-order valence-electron chi connectivity index (χ3n) is 5.13. The van der Waals surface area contributed by atoms with Gasteiger partial charge in [0.1, 0.15) is 17.1 Å². The Morgan fingerprint density at radius 2 is 1.94 bits per heavy atom. The molecule has 9 heteroatoms. The summed E-state index contributed by atoms with van der Waals surface area (Å²) in [6, 6.07) is 14.8. The zero-order valence-corrected chi connectivity index (χ0v) is 17.8. The largest absolute Gasteiger partial charge is 0.337 e. The van der Waals surface area contributed by atoms with E-state index in [4.69, 9.17) is 11.6 Å². The van der Waals surface area contributed by atoms with Crippen molar-refractivity contribution in [3.63, 3.8) is 0 Å². The van der Waals surface area contributed by atoms with Gasteiger partial charge in [0.15, 0.2) is 0 Å². The van der Waals surface area contributed by atoms with Crippen LogP contribution >= 0.6 is 22.9 Å². The van der Waals surface area contributed by atoms with Gasteiger partial charge in [0, 0.05) is 32.4 Å². The molecule has 0 bridgehead atoms. The summed E-state index contributed by atoms with van der Waals surface area (Å²) in [6.45, 7) is -0.263. The molecule has 0 aliphatic carbocycles. The highest BCUT2D eigenvalue weighted by molar-refractivity contribution is 7.22. The number of nitrogens with zero attached hydrogens (tertiary/aromatic N) is 4. The Bertz CT molecular complexity index is 1690. The van der Waals surface area contributed by atoms with Crippen molar-refractivity contribution >= 4 is 43.9 Å². The first-order valence-electron chi connectivity index (χ1n) is 9.44. The van der Waals surface area contributed by atoms with E-state index in [-0.39, 0.29) is 11.2 Å². The van der Waals surface area contributed by atoms with Crippen LogP contribution < -0.4 is 11.2 Å². The lowest BCUT2D eigenvalue weighted by molar-refractivity contribution is 0.628. The minimum atomic E-state index is -0.656. The molecule has 0 aliphatic rings. The highest BCUT2D eigenvalue weighted by Gasteiger charge is 2.20. The van der Waals surface area contributed by atoms with Gasteiger partial charge in [-0.1, -0.05) is 35.9 Å². The third-order valence-corrected chi connectivity index (χ3v) is 6.61. The standard InChI is InChI=1S/C23H12ClFN4O2S/c24-17-6-5-14(25)9-16(17)20-10-18-21(32-20)22(30)29(23(31)28(18)8-7-26)19-12-27-11-13-3-1-2-4-15(13)19/h1-6,9-12H,8H2.